The lowest BCUT2D eigenvalue weighted by Crippen LogP contribution is -2.33. The van der Waals surface area contributed by atoms with Gasteiger partial charge in [0.05, 0.1) is 12.1 Å². The minimum atomic E-state index is -1.05. The molecule has 1 aliphatic carbocycles. The molecule has 4 unspecified atom stereocenters. The molecule has 11 heteroatoms. The van der Waals surface area contributed by atoms with Crippen molar-refractivity contribution in [3.05, 3.63) is 0 Å². The average molecular weight is 441 g/mol. The molecule has 0 amide bonds. The molecule has 1 aliphatic rings. The number of aliphatic hydroxyl groups excluding tert-OH is 3. The SMILES string of the molecule is CCCCNc1nc(SCCC)nc2c1nnn2C1CC(OCCCO)C(O)C1O. The first-order valence-corrected chi connectivity index (χ1v) is 11.7. The van der Waals surface area contributed by atoms with Crippen LogP contribution in [0.1, 0.15) is 52.0 Å². The van der Waals surface area contributed by atoms with E-state index in [2.05, 4.69) is 39.4 Å². The van der Waals surface area contributed by atoms with Gasteiger partial charge < -0.3 is 25.4 Å². The number of ether oxygens (including phenoxy) is 1. The Morgan fingerprint density at radius 1 is 1.17 bits per heavy atom. The molecule has 2 aromatic rings. The van der Waals surface area contributed by atoms with Gasteiger partial charge >= 0.3 is 0 Å². The van der Waals surface area contributed by atoms with Crippen molar-refractivity contribution in [3.63, 3.8) is 0 Å². The van der Waals surface area contributed by atoms with Gasteiger partial charge in [-0.2, -0.15) is 0 Å². The lowest BCUT2D eigenvalue weighted by molar-refractivity contribution is -0.0586. The van der Waals surface area contributed by atoms with Crippen LogP contribution in [-0.4, -0.2) is 84.1 Å². The fraction of sp³-hybridized carbons (Fsp3) is 0.789. The Labute approximate surface area is 180 Å². The molecule has 4 N–H and O–H groups in total. The Bertz CT molecular complexity index is 807. The summed E-state index contributed by atoms with van der Waals surface area (Å²) < 4.78 is 7.24. The molecule has 1 fully saturated rings. The quantitative estimate of drug-likeness (QED) is 0.217. The van der Waals surface area contributed by atoms with Gasteiger partial charge in [0.2, 0.25) is 0 Å². The molecule has 2 heterocycles. The standard InChI is InChI=1S/C19H32N6O4S/c1-3-5-7-20-17-14-18(22-19(21-17)30-10-4-2)25(24-23-14)12-11-13(16(28)15(12)27)29-9-6-8-26/h12-13,15-16,26-28H,3-11H2,1-2H3,(H,20,21,22). The van der Waals surface area contributed by atoms with Gasteiger partial charge in [-0.15, -0.1) is 5.10 Å². The molecule has 0 saturated heterocycles. The van der Waals surface area contributed by atoms with Gasteiger partial charge in [-0.25, -0.2) is 14.6 Å². The lowest BCUT2D eigenvalue weighted by atomic mass is 10.2. The van der Waals surface area contributed by atoms with Crippen LogP contribution in [0.4, 0.5) is 5.82 Å². The van der Waals surface area contributed by atoms with Gasteiger partial charge in [-0.1, -0.05) is 37.2 Å². The second-order valence-electron chi connectivity index (χ2n) is 7.46. The van der Waals surface area contributed by atoms with Crippen molar-refractivity contribution in [1.29, 1.82) is 0 Å². The number of hydrogen-bond acceptors (Lipinski definition) is 10. The first-order chi connectivity index (χ1) is 14.6. The van der Waals surface area contributed by atoms with E-state index in [-0.39, 0.29) is 6.61 Å². The van der Waals surface area contributed by atoms with E-state index in [4.69, 9.17) is 9.84 Å². The van der Waals surface area contributed by atoms with Gasteiger partial charge in [0.1, 0.15) is 12.2 Å². The molecule has 0 bridgehead atoms. The van der Waals surface area contributed by atoms with Crippen LogP contribution in [0, 0.1) is 0 Å². The fourth-order valence-corrected chi connectivity index (χ4v) is 4.17. The zero-order valence-corrected chi connectivity index (χ0v) is 18.4. The van der Waals surface area contributed by atoms with E-state index < -0.39 is 24.4 Å². The van der Waals surface area contributed by atoms with Crippen molar-refractivity contribution in [2.75, 3.05) is 30.8 Å². The monoisotopic (exact) mass is 440 g/mol. The van der Waals surface area contributed by atoms with E-state index >= 15 is 0 Å². The number of aromatic nitrogens is 5. The highest BCUT2D eigenvalue weighted by Gasteiger charge is 2.44. The van der Waals surface area contributed by atoms with Crippen molar-refractivity contribution >= 4 is 28.7 Å². The van der Waals surface area contributed by atoms with Crippen LogP contribution in [0.25, 0.3) is 11.2 Å². The van der Waals surface area contributed by atoms with Crippen molar-refractivity contribution in [2.45, 2.75) is 75.5 Å². The maximum Gasteiger partial charge on any atom is 0.191 e. The minimum absolute atomic E-state index is 0.0193. The second-order valence-corrected chi connectivity index (χ2v) is 8.52. The topological polar surface area (TPSA) is 138 Å². The Balaban J connectivity index is 1.88. The van der Waals surface area contributed by atoms with Gasteiger partial charge in [-0.05, 0) is 19.3 Å². The molecule has 0 aromatic carbocycles. The first kappa shape index (κ1) is 23.1. The maximum absolute atomic E-state index is 10.6. The third-order valence-electron chi connectivity index (χ3n) is 5.11. The second kappa shape index (κ2) is 11.2. The predicted molar refractivity (Wildman–Crippen MR) is 115 cm³/mol. The summed E-state index contributed by atoms with van der Waals surface area (Å²) in [6.45, 7) is 5.35. The molecule has 30 heavy (non-hydrogen) atoms. The molecule has 0 radical (unpaired) electrons. The predicted octanol–water partition coefficient (Wildman–Crippen LogP) is 1.37. The van der Waals surface area contributed by atoms with Crippen LogP contribution < -0.4 is 5.32 Å². The normalized spacial score (nSPS) is 24.0. The smallest absolute Gasteiger partial charge is 0.191 e. The van der Waals surface area contributed by atoms with Gasteiger partial charge in [0.15, 0.2) is 22.1 Å². The molecular formula is C19H32N6O4S. The number of unbranched alkanes of at least 4 members (excludes halogenated alkanes) is 1. The van der Waals surface area contributed by atoms with E-state index in [0.29, 0.717) is 41.6 Å². The molecule has 0 aliphatic heterocycles. The van der Waals surface area contributed by atoms with E-state index in [0.717, 1.165) is 31.6 Å². The Morgan fingerprint density at radius 3 is 2.73 bits per heavy atom. The highest BCUT2D eigenvalue weighted by atomic mass is 32.2. The molecule has 10 nitrogen and oxygen atoms in total. The number of aliphatic hydroxyl groups is 3. The summed E-state index contributed by atoms with van der Waals surface area (Å²) in [6, 6.07) is -0.508. The summed E-state index contributed by atoms with van der Waals surface area (Å²) in [5.41, 5.74) is 1.09. The minimum Gasteiger partial charge on any atom is -0.396 e. The van der Waals surface area contributed by atoms with Gasteiger partial charge in [-0.3, -0.25) is 0 Å². The molecule has 1 saturated carbocycles. The van der Waals surface area contributed by atoms with E-state index in [9.17, 15) is 10.2 Å². The van der Waals surface area contributed by atoms with E-state index in [1.165, 1.54) is 0 Å². The number of nitrogens with one attached hydrogen (secondary N) is 1. The largest absolute Gasteiger partial charge is 0.396 e. The number of anilines is 1. The Morgan fingerprint density at radius 2 is 2.00 bits per heavy atom. The summed E-state index contributed by atoms with van der Waals surface area (Å²) in [7, 11) is 0. The first-order valence-electron chi connectivity index (χ1n) is 10.7. The molecule has 3 rings (SSSR count). The van der Waals surface area contributed by atoms with Crippen LogP contribution in [0.3, 0.4) is 0 Å². The Hall–Kier alpha value is -1.53. The average Bonchev–Trinajstić information content (AvgIpc) is 3.29. The Kier molecular flexibility index (Phi) is 8.63. The van der Waals surface area contributed by atoms with Crippen molar-refractivity contribution in [3.8, 4) is 0 Å². The van der Waals surface area contributed by atoms with Crippen molar-refractivity contribution < 1.29 is 20.1 Å². The summed E-state index contributed by atoms with van der Waals surface area (Å²) in [5, 5.41) is 42.5. The van der Waals surface area contributed by atoms with E-state index in [1.807, 2.05) is 0 Å². The molecule has 2 aromatic heterocycles. The van der Waals surface area contributed by atoms with E-state index in [1.54, 1.807) is 16.4 Å². The number of nitrogens with zero attached hydrogens (tertiary/aromatic N) is 5. The van der Waals surface area contributed by atoms with Gasteiger partial charge in [0.25, 0.3) is 0 Å². The number of hydrogen-bond donors (Lipinski definition) is 4. The zero-order valence-electron chi connectivity index (χ0n) is 17.6. The molecule has 4 atom stereocenters. The van der Waals surface area contributed by atoms with Crippen molar-refractivity contribution in [2.24, 2.45) is 0 Å². The summed E-state index contributed by atoms with van der Waals surface area (Å²) in [5.74, 6) is 1.54. The summed E-state index contributed by atoms with van der Waals surface area (Å²) >= 11 is 1.57. The zero-order chi connectivity index (χ0) is 21.5. The van der Waals surface area contributed by atoms with Crippen molar-refractivity contribution in [1.82, 2.24) is 25.0 Å². The van der Waals surface area contributed by atoms with Crippen LogP contribution in [0.5, 0.6) is 0 Å². The maximum atomic E-state index is 10.6. The summed E-state index contributed by atoms with van der Waals surface area (Å²) in [6.07, 6.45) is 1.32. The van der Waals surface area contributed by atoms with Crippen LogP contribution >= 0.6 is 11.8 Å². The molecule has 0 spiro atoms. The molecular weight excluding hydrogens is 408 g/mol. The number of rotatable bonds is 12. The van der Waals surface area contributed by atoms with Crippen LogP contribution in [-0.2, 0) is 4.74 Å². The van der Waals surface area contributed by atoms with Crippen LogP contribution in [0.15, 0.2) is 5.16 Å². The fourth-order valence-electron chi connectivity index (χ4n) is 3.47. The van der Waals surface area contributed by atoms with Crippen LogP contribution in [0.2, 0.25) is 0 Å². The summed E-state index contributed by atoms with van der Waals surface area (Å²) in [4.78, 5) is 9.26. The molecule has 168 valence electrons. The third-order valence-corrected chi connectivity index (χ3v) is 6.16. The highest BCUT2D eigenvalue weighted by molar-refractivity contribution is 7.99. The lowest BCUT2D eigenvalue weighted by Gasteiger charge is -2.17. The highest BCUT2D eigenvalue weighted by Crippen LogP contribution is 2.35. The number of fused-ring (bicyclic) bond motifs is 1. The van der Waals surface area contributed by atoms with Gasteiger partial charge in [0, 0.05) is 31.9 Å². The third kappa shape index (κ3) is 5.20. The number of thioether (sulfide) groups is 1.